The van der Waals surface area contributed by atoms with Gasteiger partial charge in [0.25, 0.3) is 11.4 Å². The number of nitrogens with zero attached hydrogens (tertiary/aromatic N) is 2. The molecule has 0 spiro atoms. The number of aliphatic hydroxyl groups excluding tert-OH is 2. The van der Waals surface area contributed by atoms with Gasteiger partial charge in [-0.15, -0.1) is 0 Å². The summed E-state index contributed by atoms with van der Waals surface area (Å²) in [6.45, 7) is 2.95. The molecular formula is C10H16N2O4. The number of hydrogen-bond acceptors (Lipinski definition) is 5. The molecule has 0 saturated heterocycles. The number of nitroso groups, excluding NO2 is 1. The largest absolute Gasteiger partial charge is 0.753 e. The van der Waals surface area contributed by atoms with Gasteiger partial charge in [0, 0.05) is 18.8 Å². The molecule has 2 atom stereocenters. The molecule has 0 amide bonds. The molecule has 6 heteroatoms. The Morgan fingerprint density at radius 3 is 2.56 bits per heavy atom. The summed E-state index contributed by atoms with van der Waals surface area (Å²) in [5, 5.41) is 32.1. The molecule has 16 heavy (non-hydrogen) atoms. The Morgan fingerprint density at radius 2 is 1.94 bits per heavy atom. The molecule has 1 aliphatic heterocycles. The molecule has 2 aliphatic rings. The third kappa shape index (κ3) is 1.37. The van der Waals surface area contributed by atoms with Crippen LogP contribution in [0.5, 0.6) is 0 Å². The first-order valence-corrected chi connectivity index (χ1v) is 5.42. The molecule has 1 heterocycles. The summed E-state index contributed by atoms with van der Waals surface area (Å²) in [7, 11) is 0. The molecule has 2 N–H and O–H groups in total. The van der Waals surface area contributed by atoms with Crippen LogP contribution in [0.2, 0.25) is 0 Å². The highest BCUT2D eigenvalue weighted by molar-refractivity contribution is 5.22. The van der Waals surface area contributed by atoms with Crippen molar-refractivity contribution in [1.29, 1.82) is 0 Å². The summed E-state index contributed by atoms with van der Waals surface area (Å²) in [5.74, 6) is 0. The summed E-state index contributed by atoms with van der Waals surface area (Å²) < 4.78 is 0.522. The van der Waals surface area contributed by atoms with Gasteiger partial charge >= 0.3 is 0 Å². The molecule has 1 aliphatic carbocycles. The Bertz CT molecular complexity index is 364. The fraction of sp³-hybridized carbons (Fsp3) is 0.800. The third-order valence-electron chi connectivity index (χ3n) is 3.28. The normalized spacial score (nSPS) is 34.1. The van der Waals surface area contributed by atoms with Crippen LogP contribution < -0.4 is 0 Å². The van der Waals surface area contributed by atoms with Crippen LogP contribution in [0.15, 0.2) is 11.4 Å². The van der Waals surface area contributed by atoms with Gasteiger partial charge < -0.3 is 20.5 Å². The van der Waals surface area contributed by atoms with Crippen molar-refractivity contribution in [2.45, 2.75) is 51.0 Å². The van der Waals surface area contributed by atoms with Crippen LogP contribution in [0.4, 0.5) is 0 Å². The smallest absolute Gasteiger partial charge is 0.284 e. The standard InChI is InChI=1S/C10H16N2O4/c1-10(2)11(15)8-6(13)4-3-5-7(14)9(8)12(10)16/h6-7,13-14H,3-5H2,1-2H3. The molecule has 0 aromatic carbocycles. The predicted octanol–water partition coefficient (Wildman–Crippen LogP) is 0.432. The van der Waals surface area contributed by atoms with Crippen LogP contribution in [0.25, 0.3) is 0 Å². The first-order valence-electron chi connectivity index (χ1n) is 5.42. The van der Waals surface area contributed by atoms with Crippen LogP contribution in [-0.4, -0.2) is 37.9 Å². The summed E-state index contributed by atoms with van der Waals surface area (Å²) in [5.41, 5.74) is -1.22. The van der Waals surface area contributed by atoms with Gasteiger partial charge in [-0.2, -0.15) is 0 Å². The van der Waals surface area contributed by atoms with Gasteiger partial charge in [0.1, 0.15) is 11.8 Å². The number of rotatable bonds is 0. The maximum atomic E-state index is 11.9. The minimum atomic E-state index is -1.29. The molecule has 0 aromatic rings. The quantitative estimate of drug-likeness (QED) is 0.587. The second-order valence-electron chi connectivity index (χ2n) is 4.82. The van der Waals surface area contributed by atoms with Gasteiger partial charge in [0.05, 0.1) is 10.9 Å². The molecule has 2 rings (SSSR count). The molecule has 0 aromatic heterocycles. The Labute approximate surface area is 93.3 Å². The number of hydrogen-bond donors (Lipinski definition) is 2. The van der Waals surface area contributed by atoms with E-state index < -0.39 is 17.9 Å². The van der Waals surface area contributed by atoms with Crippen molar-refractivity contribution in [3.8, 4) is 0 Å². The van der Waals surface area contributed by atoms with Gasteiger partial charge in [0.15, 0.2) is 0 Å². The van der Waals surface area contributed by atoms with Crippen molar-refractivity contribution in [1.82, 2.24) is 5.06 Å². The summed E-state index contributed by atoms with van der Waals surface area (Å²) >= 11 is 0. The lowest BCUT2D eigenvalue weighted by molar-refractivity contribution is -0.590. The lowest BCUT2D eigenvalue weighted by atomic mass is 10.1. The summed E-state index contributed by atoms with van der Waals surface area (Å²) in [6.07, 6.45) is -0.514. The zero-order valence-corrected chi connectivity index (χ0v) is 9.38. The highest BCUT2D eigenvalue weighted by Gasteiger charge is 2.54. The van der Waals surface area contributed by atoms with Gasteiger partial charge in [-0.1, -0.05) is 0 Å². The maximum absolute atomic E-state index is 11.9. The second-order valence-corrected chi connectivity index (χ2v) is 4.82. The molecular weight excluding hydrogens is 212 g/mol. The van der Waals surface area contributed by atoms with Crippen LogP contribution in [-0.2, 0) is 0 Å². The molecule has 2 unspecified atom stereocenters. The van der Waals surface area contributed by atoms with E-state index in [-0.39, 0.29) is 11.4 Å². The molecule has 0 saturated carbocycles. The lowest BCUT2D eigenvalue weighted by Gasteiger charge is -2.34. The minimum absolute atomic E-state index is 0.0324. The second kappa shape index (κ2) is 3.51. The van der Waals surface area contributed by atoms with E-state index in [9.17, 15) is 20.3 Å². The van der Waals surface area contributed by atoms with E-state index >= 15 is 0 Å². The van der Waals surface area contributed by atoms with E-state index in [1.807, 2.05) is 0 Å². The van der Waals surface area contributed by atoms with Crippen molar-refractivity contribution in [2.24, 2.45) is 0 Å². The van der Waals surface area contributed by atoms with Crippen LogP contribution in [0.3, 0.4) is 0 Å². The van der Waals surface area contributed by atoms with Crippen LogP contribution in [0.1, 0.15) is 33.1 Å². The molecule has 90 valence electrons. The molecule has 0 bridgehead atoms. The number of aliphatic hydroxyl groups is 2. The van der Waals surface area contributed by atoms with Crippen molar-refractivity contribution in [3.63, 3.8) is 0 Å². The van der Waals surface area contributed by atoms with Crippen LogP contribution in [0, 0.1) is 10.1 Å². The highest BCUT2D eigenvalue weighted by Crippen LogP contribution is 2.39. The minimum Gasteiger partial charge on any atom is -0.753 e. The maximum Gasteiger partial charge on any atom is 0.284 e. The lowest BCUT2D eigenvalue weighted by Crippen LogP contribution is -2.43. The monoisotopic (exact) mass is 228 g/mol. The van der Waals surface area contributed by atoms with E-state index in [1.165, 1.54) is 13.8 Å². The third-order valence-corrected chi connectivity index (χ3v) is 3.28. The zero-order valence-electron chi connectivity index (χ0n) is 9.38. The zero-order chi connectivity index (χ0) is 12.1. The van der Waals surface area contributed by atoms with E-state index in [0.29, 0.717) is 29.1 Å². The topological polar surface area (TPSA) is 86.8 Å². The van der Waals surface area contributed by atoms with Crippen molar-refractivity contribution in [3.05, 3.63) is 21.5 Å². The summed E-state index contributed by atoms with van der Waals surface area (Å²) in [6, 6.07) is 0. The van der Waals surface area contributed by atoms with E-state index in [1.54, 1.807) is 0 Å². The summed E-state index contributed by atoms with van der Waals surface area (Å²) in [4.78, 5) is 11.9. The highest BCUT2D eigenvalue weighted by atomic mass is 16.5. The van der Waals surface area contributed by atoms with Crippen LogP contribution >= 0.6 is 0 Å². The van der Waals surface area contributed by atoms with Gasteiger partial charge in [-0.25, -0.2) is 0 Å². The molecule has 0 fully saturated rings. The molecule has 6 nitrogen and oxygen atoms in total. The van der Waals surface area contributed by atoms with E-state index in [0.717, 1.165) is 0 Å². The van der Waals surface area contributed by atoms with Crippen molar-refractivity contribution < 1.29 is 15.0 Å². The Morgan fingerprint density at radius 1 is 1.38 bits per heavy atom. The Hall–Kier alpha value is -0.980. The average Bonchev–Trinajstić information content (AvgIpc) is 2.35. The number of hydroxylamine groups is 2. The van der Waals surface area contributed by atoms with E-state index in [4.69, 9.17) is 0 Å². The Balaban J connectivity index is 2.51. The fourth-order valence-corrected chi connectivity index (χ4v) is 2.27. The average molecular weight is 228 g/mol. The Kier molecular flexibility index (Phi) is 2.52. The fourth-order valence-electron chi connectivity index (χ4n) is 2.27. The first-order chi connectivity index (χ1) is 7.37. The predicted molar refractivity (Wildman–Crippen MR) is 55.8 cm³/mol. The first kappa shape index (κ1) is 11.5. The molecule has 0 radical (unpaired) electrons. The SMILES string of the molecule is CC1(C)N([O-])C2=C(C(O)CCCC2O)[N+]1=O. The van der Waals surface area contributed by atoms with Gasteiger partial charge in [0.2, 0.25) is 0 Å². The van der Waals surface area contributed by atoms with Crippen molar-refractivity contribution in [2.75, 3.05) is 0 Å². The van der Waals surface area contributed by atoms with Crippen molar-refractivity contribution >= 4 is 0 Å². The van der Waals surface area contributed by atoms with Gasteiger partial charge in [-0.3, -0.25) is 0 Å². The van der Waals surface area contributed by atoms with Gasteiger partial charge in [-0.05, 0) is 19.3 Å². The van der Waals surface area contributed by atoms with E-state index in [2.05, 4.69) is 0 Å².